The van der Waals surface area contributed by atoms with Gasteiger partial charge in [0, 0.05) is 33.2 Å². The summed E-state index contributed by atoms with van der Waals surface area (Å²) in [4.78, 5) is 6.26. The van der Waals surface area contributed by atoms with E-state index in [9.17, 15) is 4.39 Å². The number of morpholine rings is 1. The minimum Gasteiger partial charge on any atom is -0.378 e. The van der Waals surface area contributed by atoms with Crippen molar-refractivity contribution in [2.24, 2.45) is 10.9 Å². The molecule has 1 aromatic rings. The highest BCUT2D eigenvalue weighted by atomic mass is 19.1. The first kappa shape index (κ1) is 20.5. The van der Waals surface area contributed by atoms with E-state index >= 15 is 0 Å². The van der Waals surface area contributed by atoms with Crippen molar-refractivity contribution >= 4 is 11.6 Å². The first-order valence-corrected chi connectivity index (χ1v) is 9.65. The molecule has 0 saturated carbocycles. The maximum Gasteiger partial charge on any atom is 0.191 e. The van der Waals surface area contributed by atoms with Gasteiger partial charge < -0.3 is 20.3 Å². The normalized spacial score (nSPS) is 15.4. The molecule has 1 heterocycles. The minimum absolute atomic E-state index is 0.178. The third-order valence-electron chi connectivity index (χ3n) is 4.55. The zero-order chi connectivity index (χ0) is 18.8. The molecule has 1 aromatic carbocycles. The number of hydrogen-bond donors (Lipinski definition) is 2. The van der Waals surface area contributed by atoms with Gasteiger partial charge in [-0.05, 0) is 30.0 Å². The molecule has 0 aromatic heterocycles. The highest BCUT2D eigenvalue weighted by molar-refractivity contribution is 5.79. The van der Waals surface area contributed by atoms with E-state index in [2.05, 4.69) is 29.5 Å². The molecule has 0 bridgehead atoms. The molecule has 5 nitrogen and oxygen atoms in total. The fourth-order valence-corrected chi connectivity index (χ4v) is 3.01. The second-order valence-electron chi connectivity index (χ2n) is 7.13. The molecular formula is C20H33FN4O. The zero-order valence-corrected chi connectivity index (χ0v) is 16.4. The van der Waals surface area contributed by atoms with E-state index in [1.54, 1.807) is 13.1 Å². The monoisotopic (exact) mass is 364 g/mol. The maximum atomic E-state index is 14.4. The molecule has 6 heteroatoms. The molecule has 2 rings (SSSR count). The Balaban J connectivity index is 1.77. The standard InChI is InChI=1S/C20H33FN4O/c1-16(2)6-4-5-9-23-20(22-3)24-15-17-7-8-19(18(21)14-17)25-10-12-26-13-11-25/h7-8,14,16H,4-6,9-13,15H2,1-3H3,(H2,22,23,24). The van der Waals surface area contributed by atoms with Crippen LogP contribution in [0, 0.1) is 11.7 Å². The van der Waals surface area contributed by atoms with Gasteiger partial charge in [-0.25, -0.2) is 4.39 Å². The van der Waals surface area contributed by atoms with Crippen molar-refractivity contribution in [1.29, 1.82) is 0 Å². The van der Waals surface area contributed by atoms with Crippen molar-refractivity contribution in [3.63, 3.8) is 0 Å². The van der Waals surface area contributed by atoms with Crippen LogP contribution in [0.25, 0.3) is 0 Å². The van der Waals surface area contributed by atoms with Gasteiger partial charge in [0.15, 0.2) is 5.96 Å². The summed E-state index contributed by atoms with van der Waals surface area (Å²) in [5.41, 5.74) is 1.56. The number of ether oxygens (including phenoxy) is 1. The lowest BCUT2D eigenvalue weighted by Crippen LogP contribution is -2.37. The number of unbranched alkanes of at least 4 members (excludes halogenated alkanes) is 1. The zero-order valence-electron chi connectivity index (χ0n) is 16.4. The van der Waals surface area contributed by atoms with Crippen LogP contribution in [-0.2, 0) is 11.3 Å². The molecule has 1 aliphatic rings. The fraction of sp³-hybridized carbons (Fsp3) is 0.650. The molecule has 26 heavy (non-hydrogen) atoms. The number of nitrogens with zero attached hydrogens (tertiary/aromatic N) is 2. The number of halogens is 1. The topological polar surface area (TPSA) is 48.9 Å². The van der Waals surface area contributed by atoms with E-state index in [0.717, 1.165) is 43.5 Å². The first-order chi connectivity index (χ1) is 12.6. The Morgan fingerprint density at radius 2 is 2.00 bits per heavy atom. The van der Waals surface area contributed by atoms with Gasteiger partial charge in [0.25, 0.3) is 0 Å². The van der Waals surface area contributed by atoms with Crippen molar-refractivity contribution in [3.05, 3.63) is 29.6 Å². The molecule has 0 amide bonds. The van der Waals surface area contributed by atoms with Crippen LogP contribution in [-0.4, -0.2) is 45.9 Å². The summed E-state index contributed by atoms with van der Waals surface area (Å²) in [6.07, 6.45) is 3.60. The van der Waals surface area contributed by atoms with Crippen molar-refractivity contribution < 1.29 is 9.13 Å². The molecule has 1 fully saturated rings. The lowest BCUT2D eigenvalue weighted by Gasteiger charge is -2.29. The summed E-state index contributed by atoms with van der Waals surface area (Å²) in [5, 5.41) is 6.56. The van der Waals surface area contributed by atoms with Crippen LogP contribution in [0.4, 0.5) is 10.1 Å². The maximum absolute atomic E-state index is 14.4. The quantitative estimate of drug-likeness (QED) is 0.423. The predicted octanol–water partition coefficient (Wildman–Crippen LogP) is 3.15. The van der Waals surface area contributed by atoms with Gasteiger partial charge in [-0.2, -0.15) is 0 Å². The average Bonchev–Trinajstić information content (AvgIpc) is 2.64. The lowest BCUT2D eigenvalue weighted by atomic mass is 10.1. The van der Waals surface area contributed by atoms with Crippen LogP contribution in [0.5, 0.6) is 0 Å². The Morgan fingerprint density at radius 3 is 2.65 bits per heavy atom. The largest absolute Gasteiger partial charge is 0.378 e. The molecule has 0 atom stereocenters. The van der Waals surface area contributed by atoms with Crippen molar-refractivity contribution in [2.45, 2.75) is 39.7 Å². The van der Waals surface area contributed by atoms with E-state index in [0.29, 0.717) is 25.4 Å². The summed E-state index contributed by atoms with van der Waals surface area (Å²) in [5.74, 6) is 1.33. The van der Waals surface area contributed by atoms with Crippen LogP contribution in [0.2, 0.25) is 0 Å². The molecule has 2 N–H and O–H groups in total. The number of hydrogen-bond acceptors (Lipinski definition) is 3. The summed E-state index contributed by atoms with van der Waals surface area (Å²) in [6.45, 7) is 8.73. The van der Waals surface area contributed by atoms with E-state index in [-0.39, 0.29) is 5.82 Å². The van der Waals surface area contributed by atoms with Gasteiger partial charge in [-0.15, -0.1) is 0 Å². The summed E-state index contributed by atoms with van der Waals surface area (Å²) < 4.78 is 19.8. The number of anilines is 1. The third kappa shape index (κ3) is 6.83. The third-order valence-corrected chi connectivity index (χ3v) is 4.55. The molecule has 1 aliphatic heterocycles. The predicted molar refractivity (Wildman–Crippen MR) is 106 cm³/mol. The van der Waals surface area contributed by atoms with Crippen molar-refractivity contribution in [2.75, 3.05) is 44.8 Å². The molecule has 0 spiro atoms. The Labute approximate surface area is 157 Å². The molecular weight excluding hydrogens is 331 g/mol. The number of aliphatic imine (C=N–C) groups is 1. The Bertz CT molecular complexity index is 571. The Kier molecular flexibility index (Phi) is 8.68. The Hall–Kier alpha value is -1.82. The van der Waals surface area contributed by atoms with E-state index in [1.165, 1.54) is 12.8 Å². The molecule has 0 radical (unpaired) electrons. The van der Waals surface area contributed by atoms with Crippen molar-refractivity contribution in [3.8, 4) is 0 Å². The summed E-state index contributed by atoms with van der Waals surface area (Å²) in [7, 11) is 1.76. The van der Waals surface area contributed by atoms with Crippen LogP contribution in [0.1, 0.15) is 38.7 Å². The highest BCUT2D eigenvalue weighted by Gasteiger charge is 2.15. The lowest BCUT2D eigenvalue weighted by molar-refractivity contribution is 0.122. The summed E-state index contributed by atoms with van der Waals surface area (Å²) >= 11 is 0. The van der Waals surface area contributed by atoms with Gasteiger partial charge in [0.2, 0.25) is 0 Å². The fourth-order valence-electron chi connectivity index (χ4n) is 3.01. The van der Waals surface area contributed by atoms with Crippen LogP contribution < -0.4 is 15.5 Å². The van der Waals surface area contributed by atoms with Crippen LogP contribution in [0.15, 0.2) is 23.2 Å². The van der Waals surface area contributed by atoms with Gasteiger partial charge in [-0.3, -0.25) is 4.99 Å². The van der Waals surface area contributed by atoms with Gasteiger partial charge in [0.1, 0.15) is 5.82 Å². The average molecular weight is 365 g/mol. The Morgan fingerprint density at radius 1 is 1.23 bits per heavy atom. The SMILES string of the molecule is CN=C(NCCCCC(C)C)NCc1ccc(N2CCOCC2)c(F)c1. The van der Waals surface area contributed by atoms with E-state index in [1.807, 2.05) is 17.0 Å². The van der Waals surface area contributed by atoms with Gasteiger partial charge in [-0.1, -0.05) is 32.8 Å². The second kappa shape index (κ2) is 11.0. The van der Waals surface area contributed by atoms with E-state index in [4.69, 9.17) is 4.74 Å². The molecule has 0 unspecified atom stereocenters. The highest BCUT2D eigenvalue weighted by Crippen LogP contribution is 2.21. The van der Waals surface area contributed by atoms with E-state index < -0.39 is 0 Å². The smallest absolute Gasteiger partial charge is 0.191 e. The van der Waals surface area contributed by atoms with Crippen molar-refractivity contribution in [1.82, 2.24) is 10.6 Å². The van der Waals surface area contributed by atoms with Crippen LogP contribution >= 0.6 is 0 Å². The number of nitrogens with one attached hydrogen (secondary N) is 2. The van der Waals surface area contributed by atoms with Crippen LogP contribution in [0.3, 0.4) is 0 Å². The number of benzene rings is 1. The molecule has 146 valence electrons. The minimum atomic E-state index is -0.178. The first-order valence-electron chi connectivity index (χ1n) is 9.65. The summed E-state index contributed by atoms with van der Waals surface area (Å²) in [6, 6.07) is 5.43. The second-order valence-corrected chi connectivity index (χ2v) is 7.13. The number of rotatable bonds is 8. The van der Waals surface area contributed by atoms with Gasteiger partial charge in [0.05, 0.1) is 18.9 Å². The molecule has 1 saturated heterocycles. The molecule has 0 aliphatic carbocycles. The van der Waals surface area contributed by atoms with Gasteiger partial charge >= 0.3 is 0 Å². The number of guanidine groups is 1.